The van der Waals surface area contributed by atoms with Gasteiger partial charge in [-0.3, -0.25) is 4.79 Å². The van der Waals surface area contributed by atoms with Crippen molar-refractivity contribution in [3.8, 4) is 0 Å². The zero-order chi connectivity index (χ0) is 23.8. The molecular formula is C21H46O6S2Si2. The summed E-state index contributed by atoms with van der Waals surface area (Å²) in [5.41, 5.74) is -0.438. The highest BCUT2D eigenvalue weighted by Crippen LogP contribution is 2.30. The van der Waals surface area contributed by atoms with Gasteiger partial charge < -0.3 is 22.4 Å². The topological polar surface area (TPSA) is 63.2 Å². The maximum Gasteiger partial charge on any atom is 0.334 e. The van der Waals surface area contributed by atoms with E-state index in [-0.39, 0.29) is 12.6 Å². The number of carbonyl (C=O) groups is 1. The quantitative estimate of drug-likeness (QED) is 0.100. The third-order valence-corrected chi connectivity index (χ3v) is 11.9. The lowest BCUT2D eigenvalue weighted by atomic mass is 9.88. The van der Waals surface area contributed by atoms with E-state index in [0.717, 1.165) is 49.3 Å². The molecule has 0 rings (SSSR count). The fourth-order valence-corrected chi connectivity index (χ4v) is 8.82. The summed E-state index contributed by atoms with van der Waals surface area (Å²) in [7, 11) is -4.68. The van der Waals surface area contributed by atoms with Crippen molar-refractivity contribution < 1.29 is 27.2 Å². The van der Waals surface area contributed by atoms with E-state index in [9.17, 15) is 4.79 Å². The number of unbranched alkanes of at least 4 members (excludes halogenated alkanes) is 1. The van der Waals surface area contributed by atoms with Crippen LogP contribution in [0.15, 0.2) is 0 Å². The Bertz CT molecular complexity index is 491. The molecule has 3 unspecified atom stereocenters. The summed E-state index contributed by atoms with van der Waals surface area (Å²) in [6, 6.07) is 1.80. The zero-order valence-electron chi connectivity index (χ0n) is 20.5. The molecule has 0 aliphatic rings. The van der Waals surface area contributed by atoms with Crippen molar-refractivity contribution >= 4 is 48.3 Å². The minimum Gasteiger partial charge on any atom is -0.465 e. The van der Waals surface area contributed by atoms with Gasteiger partial charge in [0, 0.05) is 38.8 Å². The van der Waals surface area contributed by atoms with Crippen LogP contribution in [-0.4, -0.2) is 67.6 Å². The van der Waals surface area contributed by atoms with Crippen LogP contribution in [0.2, 0.25) is 25.2 Å². The van der Waals surface area contributed by atoms with E-state index in [0.29, 0.717) is 26.4 Å². The van der Waals surface area contributed by atoms with Gasteiger partial charge >= 0.3 is 23.1 Å². The van der Waals surface area contributed by atoms with E-state index in [1.165, 1.54) is 6.92 Å². The molecule has 31 heavy (non-hydrogen) atoms. The first-order valence-electron chi connectivity index (χ1n) is 11.5. The van der Waals surface area contributed by atoms with E-state index in [4.69, 9.17) is 22.4 Å². The second kappa shape index (κ2) is 17.0. The fourth-order valence-electron chi connectivity index (χ4n) is 3.24. The third kappa shape index (κ3) is 13.7. The Morgan fingerprint density at radius 3 is 1.65 bits per heavy atom. The molecule has 6 nitrogen and oxygen atoms in total. The Kier molecular flexibility index (Phi) is 17.2. The van der Waals surface area contributed by atoms with Gasteiger partial charge in [-0.2, -0.15) is 25.3 Å². The standard InChI is InChI=1S/C21H46O6S2Si2/c1-7-21(17-23-20(4)22,19-27-31(6,25-9-3)16-12-14-29)18-26-30(5,24-8-2)15-11-10-13-28/h28-29H,7-19H2,1-6H3. The Balaban J connectivity index is 5.41. The molecule has 10 heteroatoms. The van der Waals surface area contributed by atoms with Gasteiger partial charge in [0.05, 0.1) is 0 Å². The van der Waals surface area contributed by atoms with Crippen LogP contribution >= 0.6 is 25.3 Å². The molecular weight excluding hydrogens is 469 g/mol. The molecule has 0 radical (unpaired) electrons. The molecule has 0 heterocycles. The van der Waals surface area contributed by atoms with Crippen LogP contribution in [0.5, 0.6) is 0 Å². The highest BCUT2D eigenvalue weighted by molar-refractivity contribution is 7.80. The molecule has 186 valence electrons. The van der Waals surface area contributed by atoms with Crippen molar-refractivity contribution in [1.29, 1.82) is 0 Å². The van der Waals surface area contributed by atoms with Crippen molar-refractivity contribution in [2.24, 2.45) is 5.41 Å². The molecule has 0 N–H and O–H groups in total. The molecule has 0 aliphatic heterocycles. The maximum absolute atomic E-state index is 11.6. The molecule has 0 aliphatic carbocycles. The van der Waals surface area contributed by atoms with E-state index < -0.39 is 22.5 Å². The van der Waals surface area contributed by atoms with Crippen LogP contribution in [0.1, 0.15) is 53.4 Å². The largest absolute Gasteiger partial charge is 0.465 e. The summed E-state index contributed by atoms with van der Waals surface area (Å²) in [6.45, 7) is 14.1. The van der Waals surface area contributed by atoms with Crippen LogP contribution in [-0.2, 0) is 27.2 Å². The molecule has 0 spiro atoms. The highest BCUT2D eigenvalue weighted by Gasteiger charge is 2.40. The van der Waals surface area contributed by atoms with Gasteiger partial charge in [0.1, 0.15) is 6.61 Å². The molecule has 0 aromatic carbocycles. The van der Waals surface area contributed by atoms with Gasteiger partial charge in [0.25, 0.3) is 0 Å². The first kappa shape index (κ1) is 31.4. The molecule has 0 amide bonds. The molecule has 0 aromatic heterocycles. The highest BCUT2D eigenvalue weighted by atomic mass is 32.1. The zero-order valence-corrected chi connectivity index (χ0v) is 24.3. The van der Waals surface area contributed by atoms with E-state index in [1.54, 1.807) is 0 Å². The normalized spacial score (nSPS) is 17.5. The summed E-state index contributed by atoms with van der Waals surface area (Å²) in [5.74, 6) is 1.37. The van der Waals surface area contributed by atoms with Gasteiger partial charge in [-0.1, -0.05) is 13.3 Å². The van der Waals surface area contributed by atoms with E-state index in [2.05, 4.69) is 45.3 Å². The fraction of sp³-hybridized carbons (Fsp3) is 0.952. The summed E-state index contributed by atoms with van der Waals surface area (Å²) in [4.78, 5) is 11.6. The van der Waals surface area contributed by atoms with E-state index in [1.807, 2.05) is 13.8 Å². The van der Waals surface area contributed by atoms with Crippen LogP contribution < -0.4 is 0 Å². The number of rotatable bonds is 20. The first-order chi connectivity index (χ1) is 14.6. The molecule has 0 bridgehead atoms. The minimum absolute atomic E-state index is 0.259. The van der Waals surface area contributed by atoms with Crippen LogP contribution in [0, 0.1) is 5.41 Å². The second-order valence-electron chi connectivity index (χ2n) is 8.35. The van der Waals surface area contributed by atoms with Gasteiger partial charge in [0.15, 0.2) is 0 Å². The number of carbonyl (C=O) groups excluding carboxylic acids is 1. The van der Waals surface area contributed by atoms with Gasteiger partial charge in [-0.15, -0.1) is 0 Å². The SMILES string of the molecule is CCO[Si](C)(CCCS)OCC(CC)(COC(C)=O)CO[Si](C)(CCCCS)OCC. The van der Waals surface area contributed by atoms with Crippen molar-refractivity contribution in [2.75, 3.05) is 44.5 Å². The smallest absolute Gasteiger partial charge is 0.334 e. The predicted octanol–water partition coefficient (Wildman–Crippen LogP) is 5.23. The minimum atomic E-state index is -2.34. The molecule has 0 saturated carbocycles. The lowest BCUT2D eigenvalue weighted by Gasteiger charge is -2.38. The average Bonchev–Trinajstić information content (AvgIpc) is 2.73. The Morgan fingerprint density at radius 2 is 1.26 bits per heavy atom. The molecule has 3 atom stereocenters. The van der Waals surface area contributed by atoms with Crippen molar-refractivity contribution in [3.63, 3.8) is 0 Å². The van der Waals surface area contributed by atoms with Crippen molar-refractivity contribution in [1.82, 2.24) is 0 Å². The van der Waals surface area contributed by atoms with Gasteiger partial charge in [0.2, 0.25) is 0 Å². The maximum atomic E-state index is 11.6. The Labute approximate surface area is 203 Å². The third-order valence-electron chi connectivity index (χ3n) is 5.43. The Morgan fingerprint density at radius 1 is 0.774 bits per heavy atom. The lowest BCUT2D eigenvalue weighted by Crippen LogP contribution is -2.48. The number of hydrogen-bond acceptors (Lipinski definition) is 8. The molecule has 0 aromatic rings. The number of ether oxygens (including phenoxy) is 1. The summed E-state index contributed by atoms with van der Waals surface area (Å²) >= 11 is 8.65. The first-order valence-corrected chi connectivity index (χ1v) is 17.9. The number of thiol groups is 2. The van der Waals surface area contributed by atoms with E-state index >= 15 is 0 Å². The monoisotopic (exact) mass is 514 g/mol. The number of hydrogen-bond donors (Lipinski definition) is 2. The predicted molar refractivity (Wildman–Crippen MR) is 139 cm³/mol. The summed E-state index contributed by atoms with van der Waals surface area (Å²) in [6.07, 6.45) is 3.79. The van der Waals surface area contributed by atoms with Gasteiger partial charge in [-0.05, 0) is 69.8 Å². The van der Waals surface area contributed by atoms with Crippen LogP contribution in [0.4, 0.5) is 0 Å². The van der Waals surface area contributed by atoms with Crippen LogP contribution in [0.3, 0.4) is 0 Å². The summed E-state index contributed by atoms with van der Waals surface area (Å²) < 4.78 is 30.6. The Hall–Kier alpha value is 0.444. The average molecular weight is 515 g/mol. The molecule has 0 saturated heterocycles. The van der Waals surface area contributed by atoms with Crippen molar-refractivity contribution in [3.05, 3.63) is 0 Å². The van der Waals surface area contributed by atoms with Crippen molar-refractivity contribution in [2.45, 2.75) is 78.6 Å². The number of esters is 1. The second-order valence-corrected chi connectivity index (χ2v) is 15.9. The van der Waals surface area contributed by atoms with Gasteiger partial charge in [-0.25, -0.2) is 0 Å². The summed E-state index contributed by atoms with van der Waals surface area (Å²) in [5, 5.41) is 0. The molecule has 0 fully saturated rings. The lowest BCUT2D eigenvalue weighted by molar-refractivity contribution is -0.146. The van der Waals surface area contributed by atoms with Crippen LogP contribution in [0.25, 0.3) is 0 Å².